The lowest BCUT2D eigenvalue weighted by Gasteiger charge is -2.24. The van der Waals surface area contributed by atoms with Gasteiger partial charge in [-0.05, 0) is 30.2 Å². The quantitative estimate of drug-likeness (QED) is 0.728. The van der Waals surface area contributed by atoms with E-state index in [1.54, 1.807) is 21.9 Å². The lowest BCUT2D eigenvalue weighted by atomic mass is 10.1. The average molecular weight is 430 g/mol. The van der Waals surface area contributed by atoms with Crippen molar-refractivity contribution >= 4 is 41.0 Å². The molecule has 2 aliphatic heterocycles. The summed E-state index contributed by atoms with van der Waals surface area (Å²) in [5.41, 5.74) is 2.09. The van der Waals surface area contributed by atoms with Crippen molar-refractivity contribution in [3.63, 3.8) is 0 Å². The number of carbonyl (C=O) groups is 2. The summed E-state index contributed by atoms with van der Waals surface area (Å²) >= 11 is 7.96. The van der Waals surface area contributed by atoms with Crippen LogP contribution in [0.4, 0.5) is 10.5 Å². The van der Waals surface area contributed by atoms with Crippen molar-refractivity contribution in [2.75, 3.05) is 43.4 Å². The third kappa shape index (κ3) is 4.70. The van der Waals surface area contributed by atoms with Gasteiger partial charge in [-0.2, -0.15) is 11.8 Å². The Labute approximate surface area is 180 Å². The first-order valence-electron chi connectivity index (χ1n) is 9.88. The van der Waals surface area contributed by atoms with Gasteiger partial charge in [0, 0.05) is 47.9 Å². The third-order valence-electron chi connectivity index (χ3n) is 5.41. The molecular weight excluding hydrogens is 406 g/mol. The summed E-state index contributed by atoms with van der Waals surface area (Å²) in [5, 5.41) is 1.01. The zero-order valence-corrected chi connectivity index (χ0v) is 17.7. The highest BCUT2D eigenvalue weighted by molar-refractivity contribution is 7.99. The van der Waals surface area contributed by atoms with E-state index in [4.69, 9.17) is 11.6 Å². The molecule has 0 bridgehead atoms. The Morgan fingerprint density at radius 2 is 1.86 bits per heavy atom. The van der Waals surface area contributed by atoms with Crippen LogP contribution < -0.4 is 4.90 Å². The summed E-state index contributed by atoms with van der Waals surface area (Å²) < 4.78 is 0. The fourth-order valence-electron chi connectivity index (χ4n) is 3.83. The predicted molar refractivity (Wildman–Crippen MR) is 119 cm³/mol. The van der Waals surface area contributed by atoms with Gasteiger partial charge in [0.2, 0.25) is 5.91 Å². The third-order valence-corrected chi connectivity index (χ3v) is 6.97. The van der Waals surface area contributed by atoms with Crippen molar-refractivity contribution in [1.29, 1.82) is 0 Å². The first-order chi connectivity index (χ1) is 14.1. The number of thioether (sulfide) groups is 1. The lowest BCUT2D eigenvalue weighted by molar-refractivity contribution is -0.131. The van der Waals surface area contributed by atoms with E-state index >= 15 is 0 Å². The topological polar surface area (TPSA) is 43.9 Å². The molecule has 2 saturated heterocycles. The smallest absolute Gasteiger partial charge is 0.325 e. The molecule has 29 heavy (non-hydrogen) atoms. The molecule has 2 aromatic rings. The fourth-order valence-corrected chi connectivity index (χ4v) is 5.25. The molecule has 2 aromatic carbocycles. The van der Waals surface area contributed by atoms with Gasteiger partial charge in [-0.25, -0.2) is 4.79 Å². The number of anilines is 1. The van der Waals surface area contributed by atoms with E-state index in [-0.39, 0.29) is 18.5 Å². The molecule has 2 heterocycles. The van der Waals surface area contributed by atoms with Crippen LogP contribution in [0.2, 0.25) is 5.02 Å². The molecule has 2 aliphatic rings. The second kappa shape index (κ2) is 9.09. The van der Waals surface area contributed by atoms with Crippen LogP contribution in [0.5, 0.6) is 0 Å². The molecule has 0 spiro atoms. The van der Waals surface area contributed by atoms with Crippen molar-refractivity contribution in [2.24, 2.45) is 0 Å². The van der Waals surface area contributed by atoms with Crippen molar-refractivity contribution < 1.29 is 9.59 Å². The van der Waals surface area contributed by atoms with Gasteiger partial charge in [-0.1, -0.05) is 48.0 Å². The zero-order valence-electron chi connectivity index (χ0n) is 16.2. The van der Waals surface area contributed by atoms with Crippen molar-refractivity contribution in [2.45, 2.75) is 11.7 Å². The second-order valence-electron chi connectivity index (χ2n) is 7.28. The molecule has 1 unspecified atom stereocenters. The highest BCUT2D eigenvalue weighted by atomic mass is 35.5. The Kier molecular flexibility index (Phi) is 6.31. The number of hydrogen-bond acceptors (Lipinski definition) is 3. The predicted octanol–water partition coefficient (Wildman–Crippen LogP) is 4.29. The van der Waals surface area contributed by atoms with Crippen molar-refractivity contribution in [3.05, 3.63) is 65.2 Å². The molecule has 0 aliphatic carbocycles. The van der Waals surface area contributed by atoms with Gasteiger partial charge < -0.3 is 9.80 Å². The van der Waals surface area contributed by atoms with E-state index < -0.39 is 0 Å². The Bertz CT molecular complexity index is 879. The molecule has 152 valence electrons. The van der Waals surface area contributed by atoms with Crippen LogP contribution in [0.1, 0.15) is 17.2 Å². The van der Waals surface area contributed by atoms with Gasteiger partial charge in [0.1, 0.15) is 6.54 Å². The summed E-state index contributed by atoms with van der Waals surface area (Å²) in [6.07, 6.45) is 0.934. The van der Waals surface area contributed by atoms with Crippen LogP contribution in [-0.4, -0.2) is 60.2 Å². The van der Waals surface area contributed by atoms with Gasteiger partial charge in [0.15, 0.2) is 0 Å². The SMILES string of the molecule is O=C(CN1CCN(c2cccc(Cl)c2)C1=O)N1CCSC(c2ccccc2)CC1. The standard InChI is InChI=1S/C22H24ClN3O2S/c23-18-7-4-8-19(15-18)26-12-11-25(22(26)28)16-21(27)24-10-9-20(29-14-13-24)17-5-2-1-3-6-17/h1-8,15,20H,9-14,16H2. The maximum atomic E-state index is 12.9. The Hall–Kier alpha value is -2.18. The minimum Gasteiger partial charge on any atom is -0.340 e. The number of rotatable bonds is 4. The van der Waals surface area contributed by atoms with Crippen LogP contribution in [0.15, 0.2) is 54.6 Å². The number of amides is 3. The largest absolute Gasteiger partial charge is 0.340 e. The summed E-state index contributed by atoms with van der Waals surface area (Å²) in [5.74, 6) is 0.939. The molecule has 7 heteroatoms. The zero-order chi connectivity index (χ0) is 20.2. The molecule has 0 radical (unpaired) electrons. The Morgan fingerprint density at radius 1 is 1.03 bits per heavy atom. The summed E-state index contributed by atoms with van der Waals surface area (Å²) in [7, 11) is 0. The fraction of sp³-hybridized carbons (Fsp3) is 0.364. The number of urea groups is 1. The summed E-state index contributed by atoms with van der Waals surface area (Å²) in [6.45, 7) is 2.71. The number of carbonyl (C=O) groups excluding carboxylic acids is 2. The van der Waals surface area contributed by atoms with Gasteiger partial charge in [-0.15, -0.1) is 0 Å². The first-order valence-corrected chi connectivity index (χ1v) is 11.3. The Balaban J connectivity index is 1.34. The van der Waals surface area contributed by atoms with E-state index in [2.05, 4.69) is 24.3 Å². The van der Waals surface area contributed by atoms with Crippen LogP contribution in [0, 0.1) is 0 Å². The number of hydrogen-bond donors (Lipinski definition) is 0. The summed E-state index contributed by atoms with van der Waals surface area (Å²) in [6, 6.07) is 17.6. The maximum Gasteiger partial charge on any atom is 0.325 e. The minimum absolute atomic E-state index is 0.0283. The van der Waals surface area contributed by atoms with Crippen molar-refractivity contribution in [1.82, 2.24) is 9.80 Å². The van der Waals surface area contributed by atoms with Gasteiger partial charge >= 0.3 is 6.03 Å². The van der Waals surface area contributed by atoms with Crippen LogP contribution in [0.25, 0.3) is 0 Å². The van der Waals surface area contributed by atoms with E-state index in [9.17, 15) is 9.59 Å². The molecule has 4 rings (SSSR count). The molecule has 3 amide bonds. The number of halogens is 1. The molecular formula is C22H24ClN3O2S. The monoisotopic (exact) mass is 429 g/mol. The molecule has 0 aromatic heterocycles. The highest BCUT2D eigenvalue weighted by Crippen LogP contribution is 2.34. The summed E-state index contributed by atoms with van der Waals surface area (Å²) in [4.78, 5) is 30.9. The Morgan fingerprint density at radius 3 is 2.66 bits per heavy atom. The second-order valence-corrected chi connectivity index (χ2v) is 9.02. The first kappa shape index (κ1) is 20.1. The van der Waals surface area contributed by atoms with Gasteiger partial charge in [0.05, 0.1) is 0 Å². The van der Waals surface area contributed by atoms with E-state index in [0.717, 1.165) is 31.0 Å². The van der Waals surface area contributed by atoms with Crippen LogP contribution in [0.3, 0.4) is 0 Å². The molecule has 1 atom stereocenters. The normalized spacial score (nSPS) is 20.1. The van der Waals surface area contributed by atoms with Gasteiger partial charge in [-0.3, -0.25) is 9.69 Å². The lowest BCUT2D eigenvalue weighted by Crippen LogP contribution is -2.43. The molecule has 2 fully saturated rings. The molecule has 0 saturated carbocycles. The van der Waals surface area contributed by atoms with E-state index in [1.807, 2.05) is 34.9 Å². The number of benzene rings is 2. The molecule has 5 nitrogen and oxygen atoms in total. The minimum atomic E-state index is -0.132. The molecule has 0 N–H and O–H groups in total. The average Bonchev–Trinajstić information content (AvgIpc) is 2.94. The van der Waals surface area contributed by atoms with E-state index in [1.165, 1.54) is 5.56 Å². The number of nitrogens with zero attached hydrogens (tertiary/aromatic N) is 3. The van der Waals surface area contributed by atoms with Gasteiger partial charge in [0.25, 0.3) is 0 Å². The van der Waals surface area contributed by atoms with Crippen LogP contribution >= 0.6 is 23.4 Å². The highest BCUT2D eigenvalue weighted by Gasteiger charge is 2.32. The van der Waals surface area contributed by atoms with Crippen LogP contribution in [-0.2, 0) is 4.79 Å². The van der Waals surface area contributed by atoms with Crippen molar-refractivity contribution in [3.8, 4) is 0 Å². The van der Waals surface area contributed by atoms with E-state index in [0.29, 0.717) is 23.4 Å². The maximum absolute atomic E-state index is 12.9.